The zero-order valence-corrected chi connectivity index (χ0v) is 13.4. The Kier molecular flexibility index (Phi) is 3.98. The lowest BCUT2D eigenvalue weighted by molar-refractivity contribution is 0.112. The Labute approximate surface area is 137 Å². The van der Waals surface area contributed by atoms with E-state index in [4.69, 9.17) is 0 Å². The summed E-state index contributed by atoms with van der Waals surface area (Å²) in [6.45, 7) is 1.84. The number of carbonyl (C=O) groups is 1. The molecular weight excluding hydrogens is 333 g/mol. The van der Waals surface area contributed by atoms with Crippen LogP contribution in [0.15, 0.2) is 53.6 Å². The van der Waals surface area contributed by atoms with Crippen LogP contribution in [0.4, 0.5) is 4.39 Å². The maximum Gasteiger partial charge on any atom is 0.284 e. The predicted octanol–water partition coefficient (Wildman–Crippen LogP) is 2.44. The highest BCUT2D eigenvalue weighted by Crippen LogP contribution is 2.23. The fourth-order valence-corrected chi connectivity index (χ4v) is 3.26. The van der Waals surface area contributed by atoms with Crippen molar-refractivity contribution in [1.29, 1.82) is 0 Å². The molecule has 24 heavy (non-hydrogen) atoms. The fourth-order valence-electron chi connectivity index (χ4n) is 2.19. The molecule has 0 aliphatic carbocycles. The van der Waals surface area contributed by atoms with Crippen LogP contribution in [0.25, 0.3) is 11.3 Å². The van der Waals surface area contributed by atoms with Crippen LogP contribution in [-0.4, -0.2) is 29.1 Å². The second-order valence-corrected chi connectivity index (χ2v) is 6.91. The summed E-state index contributed by atoms with van der Waals surface area (Å²) < 4.78 is 39.4. The minimum absolute atomic E-state index is 0.0550. The molecule has 6 nitrogen and oxygen atoms in total. The first-order chi connectivity index (χ1) is 11.4. The summed E-state index contributed by atoms with van der Waals surface area (Å²) in [5.41, 5.74) is 0.989. The van der Waals surface area contributed by atoms with Crippen LogP contribution in [0.1, 0.15) is 15.9 Å². The molecule has 0 saturated heterocycles. The van der Waals surface area contributed by atoms with Gasteiger partial charge in [-0.3, -0.25) is 4.79 Å². The summed E-state index contributed by atoms with van der Waals surface area (Å²) in [6, 6.07) is 10.3. The van der Waals surface area contributed by atoms with Gasteiger partial charge in [0.15, 0.2) is 6.29 Å². The predicted molar refractivity (Wildman–Crippen MR) is 84.6 cm³/mol. The third-order valence-corrected chi connectivity index (χ3v) is 5.02. The van der Waals surface area contributed by atoms with Crippen molar-refractivity contribution < 1.29 is 17.6 Å². The molecule has 1 heterocycles. The smallest absolute Gasteiger partial charge is 0.284 e. The summed E-state index contributed by atoms with van der Waals surface area (Å²) in [6.07, 6.45) is 1.51. The van der Waals surface area contributed by atoms with Gasteiger partial charge < -0.3 is 0 Å². The largest absolute Gasteiger partial charge is 0.298 e. The van der Waals surface area contributed by atoms with Gasteiger partial charge in [0.05, 0.1) is 16.7 Å². The van der Waals surface area contributed by atoms with Crippen molar-refractivity contribution in [2.45, 2.75) is 11.8 Å². The molecule has 0 aliphatic rings. The SMILES string of the molecule is Cc1ccc(S(=O)(=O)n2cc(-c3cccc(F)c3C=O)nn2)cc1. The van der Waals surface area contributed by atoms with Crippen LogP contribution in [-0.2, 0) is 10.0 Å². The van der Waals surface area contributed by atoms with E-state index < -0.39 is 15.8 Å². The van der Waals surface area contributed by atoms with E-state index >= 15 is 0 Å². The molecule has 8 heteroatoms. The Morgan fingerprint density at radius 1 is 1.12 bits per heavy atom. The third kappa shape index (κ3) is 2.71. The van der Waals surface area contributed by atoms with E-state index in [9.17, 15) is 17.6 Å². The second kappa shape index (κ2) is 5.97. The standard InChI is InChI=1S/C16H12FN3O3S/c1-11-5-7-12(8-6-11)24(22,23)20-9-16(18-19-20)13-3-2-4-15(17)14(13)10-21/h2-10H,1H3. The van der Waals surface area contributed by atoms with Crippen LogP contribution in [0.2, 0.25) is 0 Å². The van der Waals surface area contributed by atoms with Crippen molar-refractivity contribution in [1.82, 2.24) is 14.4 Å². The lowest BCUT2D eigenvalue weighted by atomic mass is 10.1. The van der Waals surface area contributed by atoms with E-state index in [1.165, 1.54) is 24.3 Å². The molecule has 0 bridgehead atoms. The van der Waals surface area contributed by atoms with Gasteiger partial charge in [-0.25, -0.2) is 4.39 Å². The van der Waals surface area contributed by atoms with E-state index in [2.05, 4.69) is 10.3 Å². The number of aryl methyl sites for hydroxylation is 1. The Bertz CT molecular complexity index is 1010. The molecule has 0 unspecified atom stereocenters. The van der Waals surface area contributed by atoms with E-state index in [0.717, 1.165) is 17.8 Å². The molecule has 0 amide bonds. The molecule has 1 aromatic heterocycles. The van der Waals surface area contributed by atoms with E-state index in [1.807, 2.05) is 6.92 Å². The second-order valence-electron chi connectivity index (χ2n) is 5.11. The van der Waals surface area contributed by atoms with E-state index in [-0.39, 0.29) is 21.7 Å². The molecular formula is C16H12FN3O3S. The average molecular weight is 345 g/mol. The number of hydrogen-bond acceptors (Lipinski definition) is 5. The first-order valence-corrected chi connectivity index (χ1v) is 8.36. The van der Waals surface area contributed by atoms with Gasteiger partial charge in [-0.2, -0.15) is 8.42 Å². The highest BCUT2D eigenvalue weighted by molar-refractivity contribution is 7.89. The first-order valence-electron chi connectivity index (χ1n) is 6.92. The molecule has 0 aliphatic heterocycles. The van der Waals surface area contributed by atoms with Gasteiger partial charge in [-0.1, -0.05) is 35.0 Å². The van der Waals surface area contributed by atoms with Gasteiger partial charge in [0.25, 0.3) is 10.0 Å². The summed E-state index contributed by atoms with van der Waals surface area (Å²) >= 11 is 0. The number of carbonyl (C=O) groups excluding carboxylic acids is 1. The van der Waals surface area contributed by atoms with Crippen LogP contribution in [0.3, 0.4) is 0 Å². The van der Waals surface area contributed by atoms with Gasteiger partial charge in [0.1, 0.15) is 11.5 Å². The molecule has 0 N–H and O–H groups in total. The van der Waals surface area contributed by atoms with E-state index in [1.54, 1.807) is 12.1 Å². The Hall–Kier alpha value is -2.87. The molecule has 0 fully saturated rings. The Morgan fingerprint density at radius 2 is 1.83 bits per heavy atom. The molecule has 3 rings (SSSR count). The maximum atomic E-state index is 13.7. The van der Waals surface area contributed by atoms with Crippen molar-refractivity contribution in [3.8, 4) is 11.3 Å². The molecule has 0 atom stereocenters. The van der Waals surface area contributed by atoms with Crippen molar-refractivity contribution in [3.05, 3.63) is 65.6 Å². The lowest BCUT2D eigenvalue weighted by Crippen LogP contribution is -2.13. The summed E-state index contributed by atoms with van der Waals surface area (Å²) in [5.74, 6) is -0.710. The zero-order chi connectivity index (χ0) is 17.3. The van der Waals surface area contributed by atoms with Crippen molar-refractivity contribution in [3.63, 3.8) is 0 Å². The van der Waals surface area contributed by atoms with E-state index in [0.29, 0.717) is 10.4 Å². The quantitative estimate of drug-likeness (QED) is 0.678. The maximum absolute atomic E-state index is 13.7. The number of rotatable bonds is 4. The number of hydrogen-bond donors (Lipinski definition) is 0. The van der Waals surface area contributed by atoms with Crippen LogP contribution in [0, 0.1) is 12.7 Å². The minimum atomic E-state index is -3.91. The van der Waals surface area contributed by atoms with Crippen molar-refractivity contribution in [2.75, 3.05) is 0 Å². The molecule has 0 saturated carbocycles. The molecule has 3 aromatic rings. The molecule has 122 valence electrons. The molecule has 0 radical (unpaired) electrons. The van der Waals surface area contributed by atoms with Crippen LogP contribution in [0.5, 0.6) is 0 Å². The summed E-state index contributed by atoms with van der Waals surface area (Å²) in [7, 11) is -3.91. The number of halogens is 1. The van der Waals surface area contributed by atoms with Crippen molar-refractivity contribution >= 4 is 16.3 Å². The number of aromatic nitrogens is 3. The normalized spacial score (nSPS) is 11.4. The highest BCUT2D eigenvalue weighted by atomic mass is 32.2. The summed E-state index contributed by atoms with van der Waals surface area (Å²) in [5, 5.41) is 7.36. The van der Waals surface area contributed by atoms with Crippen LogP contribution < -0.4 is 0 Å². The minimum Gasteiger partial charge on any atom is -0.298 e. The topological polar surface area (TPSA) is 81.9 Å². The van der Waals surface area contributed by atoms with Gasteiger partial charge >= 0.3 is 0 Å². The van der Waals surface area contributed by atoms with Gasteiger partial charge in [0.2, 0.25) is 0 Å². The fraction of sp³-hybridized carbons (Fsp3) is 0.0625. The molecule has 0 spiro atoms. The number of nitrogens with zero attached hydrogens (tertiary/aromatic N) is 3. The van der Waals surface area contributed by atoms with Gasteiger partial charge in [-0.15, -0.1) is 9.19 Å². The van der Waals surface area contributed by atoms with Crippen molar-refractivity contribution in [2.24, 2.45) is 0 Å². The Balaban J connectivity index is 2.07. The number of aldehydes is 1. The first kappa shape index (κ1) is 16.0. The monoisotopic (exact) mass is 345 g/mol. The van der Waals surface area contributed by atoms with Gasteiger partial charge in [0, 0.05) is 5.56 Å². The Morgan fingerprint density at radius 3 is 2.50 bits per heavy atom. The highest BCUT2D eigenvalue weighted by Gasteiger charge is 2.20. The van der Waals surface area contributed by atoms with Gasteiger partial charge in [-0.05, 0) is 25.1 Å². The van der Waals surface area contributed by atoms with Crippen LogP contribution >= 0.6 is 0 Å². The lowest BCUT2D eigenvalue weighted by Gasteiger charge is -2.03. The zero-order valence-electron chi connectivity index (χ0n) is 12.5. The third-order valence-electron chi connectivity index (χ3n) is 3.49. The average Bonchev–Trinajstić information content (AvgIpc) is 3.05. The summed E-state index contributed by atoms with van der Waals surface area (Å²) in [4.78, 5) is 11.1. The number of benzene rings is 2. The molecule has 2 aromatic carbocycles.